The third-order valence-electron chi connectivity index (χ3n) is 2.13. The molecule has 0 unspecified atom stereocenters. The first-order valence-corrected chi connectivity index (χ1v) is 5.47. The van der Waals surface area contributed by atoms with E-state index in [1.807, 2.05) is 24.6 Å². The van der Waals surface area contributed by atoms with Crippen LogP contribution in [0.15, 0.2) is 24.4 Å². The van der Waals surface area contributed by atoms with Crippen molar-refractivity contribution in [3.63, 3.8) is 0 Å². The summed E-state index contributed by atoms with van der Waals surface area (Å²) in [7, 11) is 0. The Morgan fingerprint density at radius 1 is 1.35 bits per heavy atom. The molecule has 5 nitrogen and oxygen atoms in total. The topological polar surface area (TPSA) is 85.1 Å². The normalized spacial score (nSPS) is 9.88. The van der Waals surface area contributed by atoms with E-state index in [4.69, 9.17) is 5.73 Å². The van der Waals surface area contributed by atoms with Crippen LogP contribution < -0.4 is 11.1 Å². The van der Waals surface area contributed by atoms with Gasteiger partial charge in [-0.1, -0.05) is 6.07 Å². The molecule has 0 saturated heterocycles. The number of carbonyl (C=O) groups is 2. The molecule has 17 heavy (non-hydrogen) atoms. The number of hydrogen-bond donors (Lipinski definition) is 2. The summed E-state index contributed by atoms with van der Waals surface area (Å²) < 4.78 is 0. The first-order chi connectivity index (χ1) is 8.18. The van der Waals surface area contributed by atoms with Crippen molar-refractivity contribution in [3.8, 4) is 0 Å². The molecular weight excluding hydrogens is 218 g/mol. The van der Waals surface area contributed by atoms with E-state index >= 15 is 0 Å². The molecule has 5 heteroatoms. The first kappa shape index (κ1) is 13.2. The molecule has 0 aliphatic carbocycles. The van der Waals surface area contributed by atoms with Crippen LogP contribution in [0.25, 0.3) is 0 Å². The van der Waals surface area contributed by atoms with Gasteiger partial charge in [0.25, 0.3) is 0 Å². The van der Waals surface area contributed by atoms with Crippen molar-refractivity contribution < 1.29 is 9.59 Å². The second-order valence-electron chi connectivity index (χ2n) is 3.58. The quantitative estimate of drug-likeness (QED) is 0.716. The Labute approximate surface area is 100 Å². The monoisotopic (exact) mass is 234 g/mol. The van der Waals surface area contributed by atoms with Crippen molar-refractivity contribution in [1.82, 2.24) is 10.3 Å². The lowest BCUT2D eigenvalue weighted by molar-refractivity contribution is -0.121. The van der Waals surface area contributed by atoms with Crippen molar-refractivity contribution in [3.05, 3.63) is 36.5 Å². The summed E-state index contributed by atoms with van der Waals surface area (Å²) in [5.41, 5.74) is 5.79. The highest BCUT2D eigenvalue weighted by Gasteiger charge is 2.02. The number of rotatable bonds is 7. The van der Waals surface area contributed by atoms with Crippen LogP contribution in [0.2, 0.25) is 0 Å². The van der Waals surface area contributed by atoms with Crippen LogP contribution in [-0.4, -0.2) is 23.3 Å². The summed E-state index contributed by atoms with van der Waals surface area (Å²) >= 11 is 0. The van der Waals surface area contributed by atoms with E-state index in [1.54, 1.807) is 6.20 Å². The third kappa shape index (κ3) is 6.29. The van der Waals surface area contributed by atoms with E-state index < -0.39 is 0 Å². The molecule has 0 aliphatic heterocycles. The molecule has 1 aromatic rings. The van der Waals surface area contributed by atoms with Gasteiger partial charge in [0.05, 0.1) is 0 Å². The van der Waals surface area contributed by atoms with Gasteiger partial charge >= 0.3 is 0 Å². The fraction of sp³-hybridized carbons (Fsp3) is 0.333. The zero-order valence-electron chi connectivity index (χ0n) is 9.56. The molecule has 3 N–H and O–H groups in total. The summed E-state index contributed by atoms with van der Waals surface area (Å²) in [5.74, 6) is -0.462. The molecule has 0 aliphatic rings. The number of aromatic nitrogens is 1. The van der Waals surface area contributed by atoms with Gasteiger partial charge in [0.1, 0.15) is 0 Å². The van der Waals surface area contributed by atoms with E-state index in [2.05, 4.69) is 10.3 Å². The Balaban J connectivity index is 2.10. The lowest BCUT2D eigenvalue weighted by Gasteiger charge is -2.03. The van der Waals surface area contributed by atoms with E-state index in [1.165, 1.54) is 0 Å². The number of nitrogens with zero attached hydrogens (tertiary/aromatic N) is 1. The Morgan fingerprint density at radius 2 is 2.18 bits per heavy atom. The largest absolute Gasteiger partial charge is 0.370 e. The van der Waals surface area contributed by atoms with Gasteiger partial charge < -0.3 is 11.1 Å². The Kier molecular flexibility index (Phi) is 5.71. The maximum Gasteiger partial charge on any atom is 0.220 e. The summed E-state index contributed by atoms with van der Waals surface area (Å²) in [6, 6.07) is 5.58. The average Bonchev–Trinajstić information content (AvgIpc) is 2.30. The fourth-order valence-electron chi connectivity index (χ4n) is 1.28. The van der Waals surface area contributed by atoms with E-state index in [9.17, 15) is 9.59 Å². The summed E-state index contributed by atoms with van der Waals surface area (Å²) in [5, 5.41) is 2.72. The minimum Gasteiger partial charge on any atom is -0.370 e. The molecule has 0 spiro atoms. The van der Waals surface area contributed by atoms with Crippen molar-refractivity contribution >= 4 is 11.8 Å². The minimum absolute atomic E-state index is 0.0848. The van der Waals surface area contributed by atoms with Gasteiger partial charge in [0.15, 0.2) is 0 Å². The number of hydrogen-bond acceptors (Lipinski definition) is 3. The van der Waals surface area contributed by atoms with Gasteiger partial charge in [0.2, 0.25) is 11.8 Å². The van der Waals surface area contributed by atoms with Crippen molar-refractivity contribution in [2.75, 3.05) is 6.54 Å². The predicted molar refractivity (Wildman–Crippen MR) is 63.7 cm³/mol. The van der Waals surface area contributed by atoms with Crippen LogP contribution in [-0.2, 0) is 9.59 Å². The lowest BCUT2D eigenvalue weighted by Crippen LogP contribution is -2.25. The van der Waals surface area contributed by atoms with Crippen LogP contribution in [0.3, 0.4) is 0 Å². The molecule has 1 radical (unpaired) electrons. The number of nitrogens with one attached hydrogen (secondary N) is 1. The molecule has 2 amide bonds. The molecule has 1 rings (SSSR count). The molecule has 1 heterocycles. The first-order valence-electron chi connectivity index (χ1n) is 5.47. The minimum atomic E-state index is -0.377. The lowest BCUT2D eigenvalue weighted by atomic mass is 10.2. The number of carbonyl (C=O) groups excluding carboxylic acids is 2. The van der Waals surface area contributed by atoms with E-state index in [0.717, 1.165) is 5.69 Å². The maximum absolute atomic E-state index is 11.3. The zero-order valence-corrected chi connectivity index (χ0v) is 9.56. The van der Waals surface area contributed by atoms with Crippen molar-refractivity contribution in [2.24, 2.45) is 5.73 Å². The Morgan fingerprint density at radius 3 is 2.82 bits per heavy atom. The Bertz CT molecular complexity index is 365. The second-order valence-corrected chi connectivity index (χ2v) is 3.58. The highest BCUT2D eigenvalue weighted by molar-refractivity contribution is 5.78. The molecular formula is C12H16N3O2. The standard InChI is InChI=1S/C12H16N3O2/c13-11(16)5-3-6-12(17)15-9-7-10-4-1-2-8-14-10/h1-2,4,7-8H,3,5-6,9H2,(H2,13,16)(H,15,17). The van der Waals surface area contributed by atoms with Crippen molar-refractivity contribution in [1.29, 1.82) is 0 Å². The SMILES string of the molecule is NC(=O)CCCC(=O)NC[CH]c1ccccn1. The molecule has 91 valence electrons. The molecule has 0 bridgehead atoms. The number of primary amides is 1. The third-order valence-corrected chi connectivity index (χ3v) is 2.13. The second kappa shape index (κ2) is 7.38. The highest BCUT2D eigenvalue weighted by Crippen LogP contribution is 1.97. The number of amides is 2. The van der Waals surface area contributed by atoms with E-state index in [0.29, 0.717) is 19.4 Å². The van der Waals surface area contributed by atoms with E-state index in [-0.39, 0.29) is 18.2 Å². The zero-order chi connectivity index (χ0) is 12.5. The van der Waals surface area contributed by atoms with Gasteiger partial charge in [0, 0.05) is 37.7 Å². The summed E-state index contributed by atoms with van der Waals surface area (Å²) in [6.07, 6.45) is 4.58. The van der Waals surface area contributed by atoms with Crippen molar-refractivity contribution in [2.45, 2.75) is 19.3 Å². The molecule has 0 saturated carbocycles. The molecule has 1 aromatic heterocycles. The van der Waals surface area contributed by atoms with Crippen LogP contribution >= 0.6 is 0 Å². The molecule has 0 fully saturated rings. The number of pyridine rings is 1. The molecule has 0 aromatic carbocycles. The number of nitrogens with two attached hydrogens (primary N) is 1. The fourth-order valence-corrected chi connectivity index (χ4v) is 1.28. The Hall–Kier alpha value is -1.91. The van der Waals surface area contributed by atoms with Crippen LogP contribution in [0.4, 0.5) is 0 Å². The maximum atomic E-state index is 11.3. The van der Waals surface area contributed by atoms with Crippen LogP contribution in [0, 0.1) is 6.42 Å². The van der Waals surface area contributed by atoms with Gasteiger partial charge in [-0.3, -0.25) is 14.6 Å². The summed E-state index contributed by atoms with van der Waals surface area (Å²) in [6.45, 7) is 0.437. The van der Waals surface area contributed by atoms with Gasteiger partial charge in [-0.2, -0.15) is 0 Å². The van der Waals surface area contributed by atoms with Crippen LogP contribution in [0.1, 0.15) is 25.0 Å². The molecule has 0 atom stereocenters. The van der Waals surface area contributed by atoms with Gasteiger partial charge in [-0.05, 0) is 18.6 Å². The van der Waals surface area contributed by atoms with Gasteiger partial charge in [-0.15, -0.1) is 0 Å². The predicted octanol–water partition coefficient (Wildman–Crippen LogP) is 0.406. The highest BCUT2D eigenvalue weighted by atomic mass is 16.2. The van der Waals surface area contributed by atoms with Gasteiger partial charge in [-0.25, -0.2) is 0 Å². The average molecular weight is 234 g/mol. The smallest absolute Gasteiger partial charge is 0.220 e. The summed E-state index contributed by atoms with van der Waals surface area (Å²) in [4.78, 5) is 25.9. The van der Waals surface area contributed by atoms with Crippen LogP contribution in [0.5, 0.6) is 0 Å².